The molecule has 7 heteroatoms. The third kappa shape index (κ3) is 4.36. The highest BCUT2D eigenvalue weighted by Gasteiger charge is 2.20. The quantitative estimate of drug-likeness (QED) is 0.413. The molecule has 2 aromatic heterocycles. The van der Waals surface area contributed by atoms with E-state index in [2.05, 4.69) is 5.32 Å². The second kappa shape index (κ2) is 9.11. The van der Waals surface area contributed by atoms with Crippen molar-refractivity contribution in [2.45, 2.75) is 25.9 Å². The van der Waals surface area contributed by atoms with Gasteiger partial charge in [-0.2, -0.15) is 0 Å². The molecule has 4 aromatic rings. The summed E-state index contributed by atoms with van der Waals surface area (Å²) in [5, 5.41) is 5.80. The van der Waals surface area contributed by atoms with Gasteiger partial charge in [0.15, 0.2) is 11.5 Å². The monoisotopic (exact) mass is 460 g/mol. The first kappa shape index (κ1) is 21.3. The molecule has 0 radical (unpaired) electrons. The van der Waals surface area contributed by atoms with Gasteiger partial charge in [-0.3, -0.25) is 9.59 Å². The second-order valence-corrected chi connectivity index (χ2v) is 8.99. The molecule has 2 aromatic carbocycles. The Morgan fingerprint density at radius 2 is 1.88 bits per heavy atom. The molecular weight excluding hydrogens is 436 g/mol. The van der Waals surface area contributed by atoms with Gasteiger partial charge in [-0.1, -0.05) is 30.3 Å². The van der Waals surface area contributed by atoms with Crippen LogP contribution in [0.2, 0.25) is 0 Å². The average molecular weight is 461 g/mol. The number of rotatable bonds is 6. The van der Waals surface area contributed by atoms with Crippen LogP contribution in [0.1, 0.15) is 40.2 Å². The van der Waals surface area contributed by atoms with Crippen molar-refractivity contribution in [3.8, 4) is 11.5 Å². The number of thiophene rings is 1. The Bertz CT molecular complexity index is 1310. The minimum absolute atomic E-state index is 0.0269. The number of benzene rings is 2. The molecule has 3 heterocycles. The van der Waals surface area contributed by atoms with Gasteiger partial charge in [0.05, 0.1) is 24.1 Å². The third-order valence-electron chi connectivity index (χ3n) is 5.74. The SMILES string of the molecule is CC(NC(=O)Cn1cc(C(=O)c2cccs2)c2ccccc21)c1ccc2c(c1)OCCCO2. The van der Waals surface area contributed by atoms with E-state index in [-0.39, 0.29) is 24.3 Å². The van der Waals surface area contributed by atoms with Crippen LogP contribution in [-0.2, 0) is 11.3 Å². The van der Waals surface area contributed by atoms with Gasteiger partial charge in [-0.15, -0.1) is 11.3 Å². The van der Waals surface area contributed by atoms with Crippen molar-refractivity contribution < 1.29 is 19.1 Å². The summed E-state index contributed by atoms with van der Waals surface area (Å²) in [5.41, 5.74) is 2.41. The fourth-order valence-corrected chi connectivity index (χ4v) is 4.75. The zero-order valence-corrected chi connectivity index (χ0v) is 19.1. The lowest BCUT2D eigenvalue weighted by molar-refractivity contribution is -0.122. The number of nitrogens with zero attached hydrogens (tertiary/aromatic N) is 1. The number of ether oxygens (including phenoxy) is 2. The molecule has 1 amide bonds. The fraction of sp³-hybridized carbons (Fsp3) is 0.231. The van der Waals surface area contributed by atoms with E-state index >= 15 is 0 Å². The zero-order chi connectivity index (χ0) is 22.8. The van der Waals surface area contributed by atoms with Crippen molar-refractivity contribution in [1.82, 2.24) is 9.88 Å². The van der Waals surface area contributed by atoms with Gasteiger partial charge in [-0.25, -0.2) is 0 Å². The zero-order valence-electron chi connectivity index (χ0n) is 18.2. The summed E-state index contributed by atoms with van der Waals surface area (Å²) >= 11 is 1.42. The molecule has 168 valence electrons. The van der Waals surface area contributed by atoms with E-state index < -0.39 is 0 Å². The number of nitrogens with one attached hydrogen (secondary N) is 1. The predicted molar refractivity (Wildman–Crippen MR) is 128 cm³/mol. The molecule has 1 aliphatic heterocycles. The number of ketones is 1. The van der Waals surface area contributed by atoms with E-state index in [9.17, 15) is 9.59 Å². The van der Waals surface area contributed by atoms with Gasteiger partial charge >= 0.3 is 0 Å². The first-order valence-electron chi connectivity index (χ1n) is 10.9. The van der Waals surface area contributed by atoms with Gasteiger partial charge in [0, 0.05) is 29.1 Å². The van der Waals surface area contributed by atoms with Crippen LogP contribution in [0.15, 0.2) is 66.2 Å². The maximum absolute atomic E-state index is 13.0. The number of carbonyl (C=O) groups is 2. The molecule has 1 aliphatic rings. The Morgan fingerprint density at radius 3 is 2.70 bits per heavy atom. The first-order chi connectivity index (χ1) is 16.1. The van der Waals surface area contributed by atoms with Crippen molar-refractivity contribution in [2.24, 2.45) is 0 Å². The second-order valence-electron chi connectivity index (χ2n) is 8.04. The summed E-state index contributed by atoms with van der Waals surface area (Å²) in [7, 11) is 0. The van der Waals surface area contributed by atoms with Gasteiger partial charge in [0.1, 0.15) is 6.54 Å². The van der Waals surface area contributed by atoms with E-state index in [1.54, 1.807) is 6.20 Å². The maximum atomic E-state index is 13.0. The van der Waals surface area contributed by atoms with Gasteiger partial charge < -0.3 is 19.4 Å². The number of hydrogen-bond acceptors (Lipinski definition) is 5. The lowest BCUT2D eigenvalue weighted by Gasteiger charge is -2.17. The van der Waals surface area contributed by atoms with Crippen molar-refractivity contribution in [3.63, 3.8) is 0 Å². The molecular formula is C26H24N2O4S. The molecule has 0 aliphatic carbocycles. The van der Waals surface area contributed by atoms with E-state index in [1.807, 2.05) is 71.5 Å². The molecule has 0 spiro atoms. The Kier molecular flexibility index (Phi) is 5.88. The number of aromatic nitrogens is 1. The van der Waals surface area contributed by atoms with Crippen LogP contribution in [0.4, 0.5) is 0 Å². The summed E-state index contributed by atoms with van der Waals surface area (Å²) in [6, 6.07) is 16.9. The van der Waals surface area contributed by atoms with E-state index in [4.69, 9.17) is 9.47 Å². The molecule has 6 nitrogen and oxygen atoms in total. The van der Waals surface area contributed by atoms with Crippen LogP contribution in [0.25, 0.3) is 10.9 Å². The number of para-hydroxylation sites is 1. The summed E-state index contributed by atoms with van der Waals surface area (Å²) in [4.78, 5) is 26.6. The Morgan fingerprint density at radius 1 is 1.06 bits per heavy atom. The van der Waals surface area contributed by atoms with Crippen molar-refractivity contribution in [3.05, 3.63) is 82.2 Å². The van der Waals surface area contributed by atoms with Crippen LogP contribution < -0.4 is 14.8 Å². The van der Waals surface area contributed by atoms with Crippen LogP contribution >= 0.6 is 11.3 Å². The van der Waals surface area contributed by atoms with Gasteiger partial charge in [0.2, 0.25) is 11.7 Å². The van der Waals surface area contributed by atoms with Crippen LogP contribution in [-0.4, -0.2) is 29.5 Å². The highest BCUT2D eigenvalue weighted by molar-refractivity contribution is 7.12. The largest absolute Gasteiger partial charge is 0.490 e. The van der Waals surface area contributed by atoms with Crippen molar-refractivity contribution >= 4 is 33.9 Å². The minimum Gasteiger partial charge on any atom is -0.490 e. The smallest absolute Gasteiger partial charge is 0.240 e. The number of amides is 1. The molecule has 0 saturated carbocycles. The predicted octanol–water partition coefficient (Wildman–Crippen LogP) is 4.97. The molecule has 0 bridgehead atoms. The van der Waals surface area contributed by atoms with Crippen LogP contribution in [0.3, 0.4) is 0 Å². The number of carbonyl (C=O) groups excluding carboxylic acids is 2. The molecule has 0 saturated heterocycles. The highest BCUT2D eigenvalue weighted by atomic mass is 32.1. The first-order valence-corrected chi connectivity index (χ1v) is 11.8. The average Bonchev–Trinajstić information content (AvgIpc) is 3.41. The van der Waals surface area contributed by atoms with Gasteiger partial charge in [-0.05, 0) is 42.1 Å². The summed E-state index contributed by atoms with van der Waals surface area (Å²) in [6.45, 7) is 3.31. The standard InChI is InChI=1S/C26H24N2O4S/c1-17(18-9-10-22-23(14-18)32-12-5-11-31-22)27-25(29)16-28-15-20(19-6-2-3-7-21(19)28)26(30)24-8-4-13-33-24/h2-4,6-10,13-15,17H,5,11-12,16H2,1H3,(H,27,29). The van der Waals surface area contributed by atoms with Crippen LogP contribution in [0, 0.1) is 0 Å². The van der Waals surface area contributed by atoms with Gasteiger partial charge in [0.25, 0.3) is 0 Å². The van der Waals surface area contributed by atoms with E-state index in [1.165, 1.54) is 11.3 Å². The Hall–Kier alpha value is -3.58. The normalized spacial score (nSPS) is 14.0. The van der Waals surface area contributed by atoms with Crippen molar-refractivity contribution in [1.29, 1.82) is 0 Å². The molecule has 0 fully saturated rings. The van der Waals surface area contributed by atoms with E-state index in [0.29, 0.717) is 29.4 Å². The van der Waals surface area contributed by atoms with Crippen LogP contribution in [0.5, 0.6) is 11.5 Å². The lowest BCUT2D eigenvalue weighted by atomic mass is 10.1. The fourth-order valence-electron chi connectivity index (χ4n) is 4.07. The molecule has 1 N–H and O–H groups in total. The molecule has 33 heavy (non-hydrogen) atoms. The summed E-state index contributed by atoms with van der Waals surface area (Å²) in [6.07, 6.45) is 2.63. The van der Waals surface area contributed by atoms with Crippen molar-refractivity contribution in [2.75, 3.05) is 13.2 Å². The molecule has 5 rings (SSSR count). The summed E-state index contributed by atoms with van der Waals surface area (Å²) < 4.78 is 13.3. The Labute approximate surface area is 195 Å². The molecule has 1 atom stereocenters. The lowest BCUT2D eigenvalue weighted by Crippen LogP contribution is -2.30. The van der Waals surface area contributed by atoms with E-state index in [0.717, 1.165) is 28.6 Å². The third-order valence-corrected chi connectivity index (χ3v) is 6.61. The Balaban J connectivity index is 1.34. The highest BCUT2D eigenvalue weighted by Crippen LogP contribution is 2.32. The number of hydrogen-bond donors (Lipinski definition) is 1. The maximum Gasteiger partial charge on any atom is 0.240 e. The molecule has 1 unspecified atom stereocenters. The minimum atomic E-state index is -0.205. The topological polar surface area (TPSA) is 69.6 Å². The summed E-state index contributed by atoms with van der Waals surface area (Å²) in [5.74, 6) is 1.28. The number of fused-ring (bicyclic) bond motifs is 2.